The number of amides is 2. The van der Waals surface area contributed by atoms with Crippen LogP contribution in [0.5, 0.6) is 5.75 Å². The van der Waals surface area contributed by atoms with E-state index in [4.69, 9.17) is 9.47 Å². The van der Waals surface area contributed by atoms with Gasteiger partial charge in [-0.2, -0.15) is 0 Å². The molecule has 1 aromatic carbocycles. The Kier molecular flexibility index (Phi) is 8.80. The number of ether oxygens (including phenoxy) is 2. The van der Waals surface area contributed by atoms with Crippen molar-refractivity contribution < 1.29 is 19.1 Å². The lowest BCUT2D eigenvalue weighted by Crippen LogP contribution is -2.50. The molecule has 0 bridgehead atoms. The summed E-state index contributed by atoms with van der Waals surface area (Å²) >= 11 is 0. The summed E-state index contributed by atoms with van der Waals surface area (Å²) in [4.78, 5) is 27.9. The topological polar surface area (TPSA) is 59.1 Å². The van der Waals surface area contributed by atoms with E-state index in [0.29, 0.717) is 52.2 Å². The third-order valence-corrected chi connectivity index (χ3v) is 5.14. The maximum absolute atomic E-state index is 12.4. The van der Waals surface area contributed by atoms with Crippen LogP contribution in [0.25, 0.3) is 0 Å². The van der Waals surface area contributed by atoms with E-state index < -0.39 is 0 Å². The molecule has 1 aromatic rings. The number of hydrogen-bond donors (Lipinski definition) is 0. The predicted octanol–water partition coefficient (Wildman–Crippen LogP) is 4.22. The van der Waals surface area contributed by atoms with Gasteiger partial charge in [0.2, 0.25) is 5.91 Å². The van der Waals surface area contributed by atoms with Crippen molar-refractivity contribution >= 4 is 12.0 Å². The highest BCUT2D eigenvalue weighted by Crippen LogP contribution is 2.24. The first-order valence-electron chi connectivity index (χ1n) is 10.7. The highest BCUT2D eigenvalue weighted by Gasteiger charge is 2.24. The molecule has 0 radical (unpaired) electrons. The molecule has 0 spiro atoms. The van der Waals surface area contributed by atoms with Crippen LogP contribution in [0.3, 0.4) is 0 Å². The summed E-state index contributed by atoms with van der Waals surface area (Å²) in [6, 6.07) is 8.16. The molecule has 6 nitrogen and oxygen atoms in total. The van der Waals surface area contributed by atoms with Crippen LogP contribution in [0.2, 0.25) is 0 Å². The van der Waals surface area contributed by atoms with Crippen LogP contribution in [0.4, 0.5) is 4.79 Å². The molecule has 1 aliphatic rings. The number of hydrogen-bond acceptors (Lipinski definition) is 4. The van der Waals surface area contributed by atoms with Crippen LogP contribution in [-0.4, -0.2) is 61.2 Å². The van der Waals surface area contributed by atoms with Gasteiger partial charge in [0.15, 0.2) is 0 Å². The zero-order chi connectivity index (χ0) is 21.3. The quantitative estimate of drug-likeness (QED) is 0.609. The summed E-state index contributed by atoms with van der Waals surface area (Å²) in [5.74, 6) is 0.955. The van der Waals surface area contributed by atoms with Gasteiger partial charge >= 0.3 is 6.09 Å². The van der Waals surface area contributed by atoms with E-state index in [9.17, 15) is 9.59 Å². The van der Waals surface area contributed by atoms with Crippen molar-refractivity contribution in [2.24, 2.45) is 0 Å². The van der Waals surface area contributed by atoms with E-state index in [0.717, 1.165) is 18.6 Å². The Morgan fingerprint density at radius 1 is 0.931 bits per heavy atom. The molecule has 1 heterocycles. The van der Waals surface area contributed by atoms with E-state index >= 15 is 0 Å². The van der Waals surface area contributed by atoms with Gasteiger partial charge < -0.3 is 19.3 Å². The van der Waals surface area contributed by atoms with Gasteiger partial charge in [0.1, 0.15) is 5.75 Å². The zero-order valence-corrected chi connectivity index (χ0v) is 18.4. The minimum absolute atomic E-state index is 0.121. The van der Waals surface area contributed by atoms with Crippen LogP contribution in [0.1, 0.15) is 58.9 Å². The lowest BCUT2D eigenvalue weighted by Gasteiger charge is -2.34. The molecular weight excluding hydrogens is 368 g/mol. The van der Waals surface area contributed by atoms with Gasteiger partial charge in [0.25, 0.3) is 0 Å². The van der Waals surface area contributed by atoms with Crippen LogP contribution in [0, 0.1) is 0 Å². The van der Waals surface area contributed by atoms with E-state index in [1.54, 1.807) is 4.90 Å². The Hall–Kier alpha value is -2.24. The normalized spacial score (nSPS) is 14.6. The summed E-state index contributed by atoms with van der Waals surface area (Å²) < 4.78 is 11.0. The lowest BCUT2D eigenvalue weighted by molar-refractivity contribution is -0.133. The van der Waals surface area contributed by atoms with E-state index in [2.05, 4.69) is 39.8 Å². The highest BCUT2D eigenvalue weighted by molar-refractivity contribution is 5.76. The second-order valence-corrected chi connectivity index (χ2v) is 8.56. The fourth-order valence-corrected chi connectivity index (χ4v) is 3.16. The van der Waals surface area contributed by atoms with Crippen LogP contribution in [0.15, 0.2) is 24.3 Å². The Morgan fingerprint density at radius 2 is 1.55 bits per heavy atom. The fourth-order valence-electron chi connectivity index (χ4n) is 3.16. The first kappa shape index (κ1) is 23.0. The molecule has 0 unspecified atom stereocenters. The third kappa shape index (κ3) is 7.59. The number of piperazine rings is 1. The Morgan fingerprint density at radius 3 is 2.14 bits per heavy atom. The van der Waals surface area contributed by atoms with Gasteiger partial charge in [-0.1, -0.05) is 46.2 Å². The molecule has 0 atom stereocenters. The maximum atomic E-state index is 12.4. The van der Waals surface area contributed by atoms with E-state index in [-0.39, 0.29) is 17.4 Å². The standard InChI is InChI=1S/C23H36N2O4/c1-5-6-17-29-22(27)25-15-13-24(14-16-25)21(26)8-7-18-28-20-11-9-19(10-12-20)23(2,3)4/h9-12H,5-8,13-18H2,1-4H3. The molecule has 2 rings (SSSR count). The van der Waals surface area contributed by atoms with Gasteiger partial charge in [-0.05, 0) is 36.0 Å². The largest absolute Gasteiger partial charge is 0.494 e. The summed E-state index contributed by atoms with van der Waals surface area (Å²) in [5, 5.41) is 0. The van der Waals surface area contributed by atoms with Gasteiger partial charge in [0, 0.05) is 32.6 Å². The Balaban J connectivity index is 1.63. The second kappa shape index (κ2) is 11.1. The molecule has 0 N–H and O–H groups in total. The van der Waals surface area contributed by atoms with Crippen molar-refractivity contribution in [1.82, 2.24) is 9.80 Å². The molecule has 6 heteroatoms. The minimum Gasteiger partial charge on any atom is -0.494 e. The van der Waals surface area contributed by atoms with Gasteiger partial charge in [-0.25, -0.2) is 4.79 Å². The number of carbonyl (C=O) groups is 2. The number of rotatable bonds is 8. The monoisotopic (exact) mass is 404 g/mol. The molecule has 162 valence electrons. The number of nitrogens with zero attached hydrogens (tertiary/aromatic N) is 2. The van der Waals surface area contributed by atoms with Crippen molar-refractivity contribution in [3.05, 3.63) is 29.8 Å². The number of unbranched alkanes of at least 4 members (excludes halogenated alkanes) is 1. The SMILES string of the molecule is CCCCOC(=O)N1CCN(C(=O)CCCOc2ccc(C(C)(C)C)cc2)CC1. The first-order chi connectivity index (χ1) is 13.8. The van der Waals surface area contributed by atoms with E-state index in [1.165, 1.54) is 5.56 Å². The average Bonchev–Trinajstić information content (AvgIpc) is 2.71. The van der Waals surface area contributed by atoms with Crippen molar-refractivity contribution in [3.8, 4) is 5.75 Å². The highest BCUT2D eigenvalue weighted by atomic mass is 16.6. The number of benzene rings is 1. The predicted molar refractivity (Wildman–Crippen MR) is 114 cm³/mol. The second-order valence-electron chi connectivity index (χ2n) is 8.56. The zero-order valence-electron chi connectivity index (χ0n) is 18.4. The molecule has 2 amide bonds. The van der Waals surface area contributed by atoms with Crippen molar-refractivity contribution in [3.63, 3.8) is 0 Å². The van der Waals surface area contributed by atoms with Crippen molar-refractivity contribution in [2.75, 3.05) is 39.4 Å². The molecular formula is C23H36N2O4. The molecule has 0 aromatic heterocycles. The van der Waals surface area contributed by atoms with Gasteiger partial charge in [-0.3, -0.25) is 4.79 Å². The molecule has 0 saturated carbocycles. The first-order valence-corrected chi connectivity index (χ1v) is 10.7. The molecule has 0 aliphatic carbocycles. The molecule has 1 fully saturated rings. The van der Waals surface area contributed by atoms with Gasteiger partial charge in [0.05, 0.1) is 13.2 Å². The van der Waals surface area contributed by atoms with Crippen LogP contribution < -0.4 is 4.74 Å². The minimum atomic E-state index is -0.267. The Labute approximate surface area is 175 Å². The summed E-state index contributed by atoms with van der Waals surface area (Å²) in [5.41, 5.74) is 1.40. The summed E-state index contributed by atoms with van der Waals surface area (Å²) in [7, 11) is 0. The summed E-state index contributed by atoms with van der Waals surface area (Å²) in [6.07, 6.45) is 2.76. The molecule has 1 aliphatic heterocycles. The van der Waals surface area contributed by atoms with Crippen molar-refractivity contribution in [2.45, 2.75) is 58.8 Å². The maximum Gasteiger partial charge on any atom is 0.409 e. The van der Waals surface area contributed by atoms with Crippen molar-refractivity contribution in [1.29, 1.82) is 0 Å². The molecule has 29 heavy (non-hydrogen) atoms. The average molecular weight is 405 g/mol. The Bertz CT molecular complexity index is 644. The van der Waals surface area contributed by atoms with E-state index in [1.807, 2.05) is 17.0 Å². The van der Waals surface area contributed by atoms with Gasteiger partial charge in [-0.15, -0.1) is 0 Å². The number of carbonyl (C=O) groups excluding carboxylic acids is 2. The lowest BCUT2D eigenvalue weighted by atomic mass is 9.87. The smallest absolute Gasteiger partial charge is 0.409 e. The summed E-state index contributed by atoms with van der Waals surface area (Å²) in [6.45, 7) is 11.8. The van der Waals surface area contributed by atoms with Crippen LogP contribution in [-0.2, 0) is 14.9 Å². The fraction of sp³-hybridized carbons (Fsp3) is 0.652. The third-order valence-electron chi connectivity index (χ3n) is 5.14. The van der Waals surface area contributed by atoms with Crippen LogP contribution >= 0.6 is 0 Å². The molecule has 1 saturated heterocycles.